The highest BCUT2D eigenvalue weighted by Crippen LogP contribution is 2.60. The Morgan fingerprint density at radius 2 is 0.862 bits per heavy atom. The molecule has 0 N–H and O–H groups in total. The number of fused-ring (bicyclic) bond motifs is 15. The summed E-state index contributed by atoms with van der Waals surface area (Å²) >= 11 is 0. The summed E-state index contributed by atoms with van der Waals surface area (Å²) in [5.74, 6) is 0. The van der Waals surface area contributed by atoms with Crippen LogP contribution >= 0.6 is 0 Å². The number of para-hydroxylation sites is 1. The molecule has 2 aliphatic carbocycles. The predicted molar refractivity (Wildman–Crippen MR) is 363 cm³/mol. The average Bonchev–Trinajstić information content (AvgIpc) is 1.58. The van der Waals surface area contributed by atoms with Crippen LogP contribution in [0.25, 0.3) is 115 Å². The zero-order chi connectivity index (χ0) is 57.5. The quantitative estimate of drug-likeness (QED) is 0.151. The number of rotatable bonds is 8. The van der Waals surface area contributed by atoms with Crippen molar-refractivity contribution in [1.29, 1.82) is 0 Å². The lowest BCUT2D eigenvalue weighted by Gasteiger charge is -2.35. The topological polar surface area (TPSA) is 21.3 Å². The molecule has 18 rings (SSSR count). The molecule has 2 aromatic heterocycles. The van der Waals surface area contributed by atoms with Gasteiger partial charge in [0.25, 0.3) is 0 Å². The van der Waals surface area contributed by atoms with Gasteiger partial charge in [-0.15, -0.1) is 0 Å². The van der Waals surface area contributed by atoms with Crippen LogP contribution in [-0.2, 0) is 10.8 Å². The molecule has 16 aromatic rings. The molecule has 0 amide bonds. The molecule has 0 fully saturated rings. The molecule has 14 aromatic carbocycles. The van der Waals surface area contributed by atoms with Gasteiger partial charge in [-0.3, -0.25) is 0 Å². The molecule has 3 nitrogen and oxygen atoms in total. The van der Waals surface area contributed by atoms with E-state index in [1.54, 1.807) is 0 Å². The van der Waals surface area contributed by atoms with Crippen LogP contribution < -0.4 is 4.90 Å². The largest absolute Gasteiger partial charge is 0.455 e. The van der Waals surface area contributed by atoms with Gasteiger partial charge in [0.1, 0.15) is 11.2 Å². The van der Waals surface area contributed by atoms with E-state index in [4.69, 9.17) is 4.42 Å². The SMILES string of the molecule is CC1(C)c2ccccc2-c2ccc(N(c3ccc(-c4ccccc4)cc3)c3ccc4c5ccccc5n(-c5cc6ccccc6c6oc7c(-c8cccc9c8C(c8ccccc8)(c8ccccc8)c8ccccc8-9)c8ccccc8cc7c56)c4c3)cc21. The molecule has 3 heteroatoms. The smallest absolute Gasteiger partial charge is 0.145 e. The second kappa shape index (κ2) is 18.7. The monoisotopic (exact) mass is 1110 g/mol. The van der Waals surface area contributed by atoms with Crippen LogP contribution in [0.2, 0.25) is 0 Å². The number of hydrogen-bond acceptors (Lipinski definition) is 2. The van der Waals surface area contributed by atoms with E-state index in [9.17, 15) is 0 Å². The van der Waals surface area contributed by atoms with Crippen molar-refractivity contribution in [2.24, 2.45) is 0 Å². The number of hydrogen-bond donors (Lipinski definition) is 0. The summed E-state index contributed by atoms with van der Waals surface area (Å²) in [6.07, 6.45) is 0. The first kappa shape index (κ1) is 49.4. The highest BCUT2D eigenvalue weighted by molar-refractivity contribution is 6.26. The van der Waals surface area contributed by atoms with Gasteiger partial charge in [0.2, 0.25) is 0 Å². The molecule has 0 saturated heterocycles. The highest BCUT2D eigenvalue weighted by Gasteiger charge is 2.48. The van der Waals surface area contributed by atoms with Crippen molar-refractivity contribution in [3.63, 3.8) is 0 Å². The number of furan rings is 1. The Balaban J connectivity index is 0.917. The first-order valence-corrected chi connectivity index (χ1v) is 30.3. The number of benzene rings is 14. The van der Waals surface area contributed by atoms with Crippen LogP contribution in [0.1, 0.15) is 47.2 Å². The van der Waals surface area contributed by atoms with Gasteiger partial charge in [0.15, 0.2) is 0 Å². The second-order valence-electron chi connectivity index (χ2n) is 24.2. The fraction of sp³-hybridized carbons (Fsp3) is 0.0476. The molecule has 0 bridgehead atoms. The molecule has 0 aliphatic heterocycles. The lowest BCUT2D eigenvalue weighted by Crippen LogP contribution is -2.29. The van der Waals surface area contributed by atoms with E-state index in [1.807, 2.05) is 0 Å². The van der Waals surface area contributed by atoms with E-state index in [2.05, 4.69) is 327 Å². The lowest BCUT2D eigenvalue weighted by atomic mass is 9.66. The summed E-state index contributed by atoms with van der Waals surface area (Å²) in [6.45, 7) is 4.74. The Labute approximate surface area is 504 Å². The summed E-state index contributed by atoms with van der Waals surface area (Å²) in [5.41, 5.74) is 24.8. The van der Waals surface area contributed by atoms with E-state index in [1.165, 1.54) is 77.5 Å². The van der Waals surface area contributed by atoms with E-state index in [0.717, 1.165) is 88.4 Å². The third-order valence-electron chi connectivity index (χ3n) is 19.4. The van der Waals surface area contributed by atoms with Crippen molar-refractivity contribution < 1.29 is 4.42 Å². The maximum absolute atomic E-state index is 7.81. The van der Waals surface area contributed by atoms with E-state index >= 15 is 0 Å². The normalized spacial score (nSPS) is 13.6. The van der Waals surface area contributed by atoms with Crippen LogP contribution in [0, 0.1) is 0 Å². The standard InChI is InChI=1S/C84H56N2O/c1-83(2)72-38-19-16-33-64(72)66-47-45-60(51-74(66)83)85(59-43-41-54(42-44-59)53-23-6-3-7-24-53)61-46-48-68-67-35-18-21-40-75(67)86(76(68)52-61)77-50-56-26-13-15-32-63(56)81-79(77)71-49-55-25-12-14-31-62(55)78(82(71)87-81)70-37-22-36-69-65-34-17-20-39-73(65)84(80(69)70,57-27-8-4-9-28-57)58-29-10-5-11-30-58/h3-52H,1-2H3. The van der Waals surface area contributed by atoms with Crippen molar-refractivity contribution >= 4 is 82.4 Å². The maximum atomic E-state index is 7.81. The van der Waals surface area contributed by atoms with E-state index < -0.39 is 5.41 Å². The highest BCUT2D eigenvalue weighted by atomic mass is 16.3. The van der Waals surface area contributed by atoms with Crippen molar-refractivity contribution in [1.82, 2.24) is 4.57 Å². The van der Waals surface area contributed by atoms with E-state index in [-0.39, 0.29) is 5.41 Å². The minimum Gasteiger partial charge on any atom is -0.455 e. The van der Waals surface area contributed by atoms with Crippen LogP contribution in [0.15, 0.2) is 308 Å². The van der Waals surface area contributed by atoms with Gasteiger partial charge in [-0.1, -0.05) is 263 Å². The maximum Gasteiger partial charge on any atom is 0.145 e. The molecular weight excluding hydrogens is 1050 g/mol. The van der Waals surface area contributed by atoms with Crippen LogP contribution in [0.4, 0.5) is 17.1 Å². The van der Waals surface area contributed by atoms with Crippen LogP contribution in [0.5, 0.6) is 0 Å². The Hall–Kier alpha value is -11.0. The van der Waals surface area contributed by atoms with Crippen LogP contribution in [-0.4, -0.2) is 4.57 Å². The average molecular weight is 1110 g/mol. The molecule has 87 heavy (non-hydrogen) atoms. The molecule has 2 aliphatic rings. The van der Waals surface area contributed by atoms with Crippen molar-refractivity contribution in [2.45, 2.75) is 24.7 Å². The number of nitrogens with zero attached hydrogens (tertiary/aromatic N) is 2. The van der Waals surface area contributed by atoms with Crippen molar-refractivity contribution in [3.8, 4) is 50.2 Å². The van der Waals surface area contributed by atoms with Gasteiger partial charge >= 0.3 is 0 Å². The Morgan fingerprint density at radius 3 is 1.61 bits per heavy atom. The second-order valence-corrected chi connectivity index (χ2v) is 24.2. The zero-order valence-electron chi connectivity index (χ0n) is 48.2. The van der Waals surface area contributed by atoms with Gasteiger partial charge in [-0.25, -0.2) is 0 Å². The molecule has 0 radical (unpaired) electrons. The fourth-order valence-electron chi connectivity index (χ4n) is 15.6. The first-order chi connectivity index (χ1) is 42.9. The van der Waals surface area contributed by atoms with E-state index in [0.29, 0.717) is 0 Å². The third kappa shape index (κ3) is 7.06. The molecule has 0 spiro atoms. The van der Waals surface area contributed by atoms with Gasteiger partial charge in [-0.2, -0.15) is 0 Å². The van der Waals surface area contributed by atoms with Crippen molar-refractivity contribution in [2.75, 3.05) is 4.90 Å². The molecule has 0 saturated carbocycles. The van der Waals surface area contributed by atoms with Gasteiger partial charge in [0.05, 0.1) is 27.5 Å². The molecule has 408 valence electrons. The Bertz CT molecular complexity index is 5440. The summed E-state index contributed by atoms with van der Waals surface area (Å²) in [5, 5.41) is 8.99. The van der Waals surface area contributed by atoms with Gasteiger partial charge in [-0.05, 0) is 143 Å². The van der Waals surface area contributed by atoms with Crippen molar-refractivity contribution in [3.05, 3.63) is 337 Å². The fourth-order valence-corrected chi connectivity index (χ4v) is 15.6. The van der Waals surface area contributed by atoms with Gasteiger partial charge in [0, 0.05) is 49.6 Å². The minimum atomic E-state index is -0.641. The Kier molecular flexibility index (Phi) is 10.7. The molecule has 2 heterocycles. The zero-order valence-corrected chi connectivity index (χ0v) is 48.2. The summed E-state index contributed by atoms with van der Waals surface area (Å²) in [4.78, 5) is 2.46. The van der Waals surface area contributed by atoms with Gasteiger partial charge < -0.3 is 13.9 Å². The molecule has 0 atom stereocenters. The Morgan fingerprint density at radius 1 is 0.333 bits per heavy atom. The third-order valence-corrected chi connectivity index (χ3v) is 19.4. The summed E-state index contributed by atoms with van der Waals surface area (Å²) < 4.78 is 10.3. The summed E-state index contributed by atoms with van der Waals surface area (Å²) in [7, 11) is 0. The molecule has 0 unspecified atom stereocenters. The van der Waals surface area contributed by atoms with Crippen LogP contribution in [0.3, 0.4) is 0 Å². The predicted octanol–water partition coefficient (Wildman–Crippen LogP) is 22.5. The minimum absolute atomic E-state index is 0.181. The lowest BCUT2D eigenvalue weighted by molar-refractivity contribution is 0.660. The number of anilines is 3. The summed E-state index contributed by atoms with van der Waals surface area (Å²) in [6, 6.07) is 113. The first-order valence-electron chi connectivity index (χ1n) is 30.3. The number of aromatic nitrogens is 1. The molecular formula is C84H56N2O.